The molecule has 124 valence electrons. The standard InChI is InChI=1S/C16H12F3N3OS/c17-16(18,19)24(23,10-4-2-1-3-5-10)11-6-7-13-12(8-11)15-14(21-13)9-20-22-15/h1-9,21,24H,(H,20,22). The molecule has 4 nitrogen and oxygen atoms in total. The van der Waals surface area contributed by atoms with Crippen molar-refractivity contribution in [3.05, 3.63) is 54.7 Å². The molecule has 2 N–H and O–H groups in total. The van der Waals surface area contributed by atoms with Crippen molar-refractivity contribution >= 4 is 31.9 Å². The Kier molecular flexibility index (Phi) is 3.08. The van der Waals surface area contributed by atoms with Gasteiger partial charge in [0.2, 0.25) is 0 Å². The summed E-state index contributed by atoms with van der Waals surface area (Å²) in [5, 5.41) is 7.20. The topological polar surface area (TPSA) is 61.5 Å². The van der Waals surface area contributed by atoms with Crippen LogP contribution in [0.5, 0.6) is 0 Å². The highest BCUT2D eigenvalue weighted by atomic mass is 32.2. The van der Waals surface area contributed by atoms with Gasteiger partial charge in [0.1, 0.15) is 5.52 Å². The van der Waals surface area contributed by atoms with Gasteiger partial charge in [-0.2, -0.15) is 18.3 Å². The summed E-state index contributed by atoms with van der Waals surface area (Å²) in [6.45, 7) is 0. The highest BCUT2D eigenvalue weighted by molar-refractivity contribution is 8.04. The minimum Gasteiger partial charge on any atom is -0.352 e. The fraction of sp³-hybridized carbons (Fsp3) is 0.0625. The van der Waals surface area contributed by atoms with Crippen LogP contribution in [0, 0.1) is 0 Å². The number of H-pyrrole nitrogens is 2. The van der Waals surface area contributed by atoms with Crippen LogP contribution in [0.15, 0.2) is 64.5 Å². The molecule has 0 amide bonds. The van der Waals surface area contributed by atoms with E-state index in [1.54, 1.807) is 12.3 Å². The molecule has 4 rings (SSSR count). The molecule has 2 aromatic carbocycles. The van der Waals surface area contributed by atoms with Crippen molar-refractivity contribution < 1.29 is 17.4 Å². The maximum absolute atomic E-state index is 13.8. The molecule has 2 aromatic heterocycles. The van der Waals surface area contributed by atoms with Crippen molar-refractivity contribution in [2.75, 3.05) is 0 Å². The number of benzene rings is 2. The van der Waals surface area contributed by atoms with E-state index in [-0.39, 0.29) is 9.79 Å². The number of thiol groups is 1. The van der Waals surface area contributed by atoms with E-state index in [2.05, 4.69) is 15.2 Å². The van der Waals surface area contributed by atoms with Gasteiger partial charge in [-0.3, -0.25) is 9.31 Å². The van der Waals surface area contributed by atoms with Gasteiger partial charge in [0.15, 0.2) is 0 Å². The van der Waals surface area contributed by atoms with E-state index in [1.807, 2.05) is 0 Å². The molecule has 0 bridgehead atoms. The van der Waals surface area contributed by atoms with Gasteiger partial charge in [-0.05, 0) is 30.3 Å². The van der Waals surface area contributed by atoms with Crippen LogP contribution in [0.25, 0.3) is 21.9 Å². The number of hydrogen-bond acceptors (Lipinski definition) is 2. The van der Waals surface area contributed by atoms with Gasteiger partial charge in [0, 0.05) is 36.8 Å². The molecule has 8 heteroatoms. The molecular weight excluding hydrogens is 339 g/mol. The third-order valence-electron chi connectivity index (χ3n) is 4.01. The Labute approximate surface area is 135 Å². The van der Waals surface area contributed by atoms with Gasteiger partial charge < -0.3 is 4.98 Å². The normalized spacial score (nSPS) is 13.6. The van der Waals surface area contributed by atoms with Crippen LogP contribution < -0.4 is 0 Å². The largest absolute Gasteiger partial charge is 0.456 e. The number of nitrogens with zero attached hydrogens (tertiary/aromatic N) is 1. The van der Waals surface area contributed by atoms with Crippen LogP contribution in [-0.2, 0) is 9.93 Å². The summed E-state index contributed by atoms with van der Waals surface area (Å²) >= 11 is 0. The summed E-state index contributed by atoms with van der Waals surface area (Å²) in [6.07, 6.45) is 1.62. The van der Waals surface area contributed by atoms with Gasteiger partial charge in [0.05, 0.1) is 5.52 Å². The number of nitrogens with one attached hydrogen (secondary N) is 2. The lowest BCUT2D eigenvalue weighted by atomic mass is 10.2. The molecule has 0 fully saturated rings. The SMILES string of the molecule is O=[SH](c1ccccc1)(c1ccc2[nH]c3c[nH]nc3c2c1)C(F)(F)F. The lowest BCUT2D eigenvalue weighted by Gasteiger charge is -2.27. The maximum Gasteiger partial charge on any atom is 0.456 e. The van der Waals surface area contributed by atoms with Crippen molar-refractivity contribution in [3.8, 4) is 0 Å². The van der Waals surface area contributed by atoms with Crippen molar-refractivity contribution in [1.82, 2.24) is 15.2 Å². The van der Waals surface area contributed by atoms with Crippen LogP contribution in [0.1, 0.15) is 0 Å². The molecule has 4 aromatic rings. The number of alkyl halides is 3. The number of aromatic amines is 2. The molecule has 0 aliphatic carbocycles. The Hall–Kier alpha value is -2.61. The van der Waals surface area contributed by atoms with E-state index in [0.717, 1.165) is 0 Å². The van der Waals surface area contributed by atoms with Gasteiger partial charge in [-0.15, -0.1) is 0 Å². The molecule has 0 aliphatic rings. The summed E-state index contributed by atoms with van der Waals surface area (Å²) in [7, 11) is -4.80. The van der Waals surface area contributed by atoms with Crippen LogP contribution in [0.2, 0.25) is 0 Å². The molecule has 0 saturated heterocycles. The predicted molar refractivity (Wildman–Crippen MR) is 86.5 cm³/mol. The number of halogens is 3. The highest BCUT2D eigenvalue weighted by Crippen LogP contribution is 2.43. The zero-order valence-electron chi connectivity index (χ0n) is 12.1. The number of fused-ring (bicyclic) bond motifs is 3. The third kappa shape index (κ3) is 1.99. The quantitative estimate of drug-likeness (QED) is 0.478. The number of rotatable bonds is 2. The fourth-order valence-electron chi connectivity index (χ4n) is 2.85. The highest BCUT2D eigenvalue weighted by Gasteiger charge is 2.48. The average Bonchev–Trinajstić information content (AvgIpc) is 3.14. The minimum absolute atomic E-state index is 0.231. The zero-order chi connectivity index (χ0) is 16.9. The smallest absolute Gasteiger partial charge is 0.352 e. The van der Waals surface area contributed by atoms with Gasteiger partial charge in [-0.1, -0.05) is 18.2 Å². The molecule has 0 unspecified atom stereocenters. The second-order valence-electron chi connectivity index (χ2n) is 5.42. The summed E-state index contributed by atoms with van der Waals surface area (Å²) in [4.78, 5) is 2.57. The second-order valence-corrected chi connectivity index (χ2v) is 8.17. The van der Waals surface area contributed by atoms with Crippen molar-refractivity contribution in [1.29, 1.82) is 0 Å². The van der Waals surface area contributed by atoms with E-state index >= 15 is 0 Å². The first-order valence-corrected chi connectivity index (χ1v) is 8.80. The maximum atomic E-state index is 13.8. The Morgan fingerprint density at radius 3 is 2.42 bits per heavy atom. The lowest BCUT2D eigenvalue weighted by molar-refractivity contribution is -0.0419. The van der Waals surface area contributed by atoms with Crippen LogP contribution >= 0.6 is 0 Å². The van der Waals surface area contributed by atoms with Crippen molar-refractivity contribution in [3.63, 3.8) is 0 Å². The van der Waals surface area contributed by atoms with E-state index in [4.69, 9.17) is 0 Å². The van der Waals surface area contributed by atoms with E-state index < -0.39 is 15.4 Å². The molecule has 0 radical (unpaired) electrons. The Balaban J connectivity index is 2.02. The Bertz CT molecular complexity index is 1080. The predicted octanol–water partition coefficient (Wildman–Crippen LogP) is 4.00. The van der Waals surface area contributed by atoms with E-state index in [0.29, 0.717) is 21.9 Å². The first-order chi connectivity index (χ1) is 11.4. The Morgan fingerprint density at radius 1 is 0.958 bits per heavy atom. The summed E-state index contributed by atoms with van der Waals surface area (Å²) < 4.78 is 54.4. The monoisotopic (exact) mass is 351 g/mol. The second kappa shape index (κ2) is 4.94. The summed E-state index contributed by atoms with van der Waals surface area (Å²) in [5.74, 6) is 0. The fourth-order valence-corrected chi connectivity index (χ4v) is 4.92. The molecular formula is C16H12F3N3OS. The van der Waals surface area contributed by atoms with Gasteiger partial charge in [-0.25, -0.2) is 0 Å². The molecule has 2 heterocycles. The molecule has 0 spiro atoms. The molecule has 0 saturated carbocycles. The van der Waals surface area contributed by atoms with E-state index in [9.17, 15) is 17.4 Å². The third-order valence-corrected chi connectivity index (χ3v) is 6.75. The van der Waals surface area contributed by atoms with E-state index in [1.165, 1.54) is 42.5 Å². The van der Waals surface area contributed by atoms with Crippen LogP contribution in [0.3, 0.4) is 0 Å². The average molecular weight is 351 g/mol. The van der Waals surface area contributed by atoms with Crippen LogP contribution in [-0.4, -0.2) is 24.9 Å². The van der Waals surface area contributed by atoms with Crippen molar-refractivity contribution in [2.45, 2.75) is 15.3 Å². The Morgan fingerprint density at radius 2 is 1.71 bits per heavy atom. The van der Waals surface area contributed by atoms with Crippen LogP contribution in [0.4, 0.5) is 13.2 Å². The summed E-state index contributed by atoms with van der Waals surface area (Å²) in [6, 6.07) is 11.1. The lowest BCUT2D eigenvalue weighted by Crippen LogP contribution is -2.31. The number of aromatic nitrogens is 3. The molecule has 0 atom stereocenters. The number of hydrogen-bond donors (Lipinski definition) is 3. The summed E-state index contributed by atoms with van der Waals surface area (Å²) in [5.41, 5.74) is -3.02. The first kappa shape index (κ1) is 14.9. The zero-order valence-corrected chi connectivity index (χ0v) is 13.0. The van der Waals surface area contributed by atoms with Gasteiger partial charge in [0.25, 0.3) is 0 Å². The first-order valence-electron chi connectivity index (χ1n) is 7.09. The van der Waals surface area contributed by atoms with Gasteiger partial charge >= 0.3 is 5.51 Å². The molecule has 24 heavy (non-hydrogen) atoms. The molecule has 0 aliphatic heterocycles. The minimum atomic E-state index is -4.87. The van der Waals surface area contributed by atoms with Crippen molar-refractivity contribution in [2.24, 2.45) is 0 Å².